The number of nitrogen functional groups attached to an aromatic ring is 1. The number of para-hydroxylation sites is 1. The number of urea groups is 1. The molecule has 1 aromatic heterocycles. The third-order valence-electron chi connectivity index (χ3n) is 5.80. The van der Waals surface area contributed by atoms with E-state index in [1.807, 2.05) is 18.2 Å². The van der Waals surface area contributed by atoms with Gasteiger partial charge in [-0.05, 0) is 48.0 Å². The van der Waals surface area contributed by atoms with Crippen molar-refractivity contribution in [2.75, 3.05) is 16.0 Å². The predicted molar refractivity (Wildman–Crippen MR) is 136 cm³/mol. The number of carbonyl (C=O) groups is 3. The van der Waals surface area contributed by atoms with Crippen LogP contribution in [0.5, 0.6) is 0 Å². The number of carboxylic acid groups (broad SMARTS) is 1. The number of benzene rings is 3. The van der Waals surface area contributed by atoms with Crippen LogP contribution in [0.4, 0.5) is 21.9 Å². The summed E-state index contributed by atoms with van der Waals surface area (Å²) in [6.45, 7) is 0. The van der Waals surface area contributed by atoms with Gasteiger partial charge in [-0.1, -0.05) is 24.3 Å². The highest BCUT2D eigenvalue weighted by molar-refractivity contribution is 7.20. The molecule has 10 nitrogen and oxygen atoms in total. The summed E-state index contributed by atoms with van der Waals surface area (Å²) >= 11 is 1.19. The fraction of sp³-hybridized carbons (Fsp3) is 0.120. The number of carbonyl (C=O) groups excluding carboxylic acids is 2. The van der Waals surface area contributed by atoms with Crippen molar-refractivity contribution in [1.29, 1.82) is 0 Å². The number of hydrogen-bond donors (Lipinski definition) is 5. The first-order chi connectivity index (χ1) is 17.3. The zero-order valence-electron chi connectivity index (χ0n) is 18.7. The first-order valence-electron chi connectivity index (χ1n) is 11.0. The Kier molecular flexibility index (Phi) is 6.00. The maximum Gasteiger partial charge on any atom is 0.328 e. The second kappa shape index (κ2) is 9.29. The Bertz CT molecular complexity index is 1450. The summed E-state index contributed by atoms with van der Waals surface area (Å²) in [4.78, 5) is 42.6. The van der Waals surface area contributed by atoms with Crippen molar-refractivity contribution in [2.24, 2.45) is 0 Å². The minimum absolute atomic E-state index is 0.0143. The van der Waals surface area contributed by atoms with Gasteiger partial charge in [-0.25, -0.2) is 14.6 Å². The Labute approximate surface area is 209 Å². The third-order valence-corrected chi connectivity index (χ3v) is 6.84. The van der Waals surface area contributed by atoms with Crippen molar-refractivity contribution in [3.63, 3.8) is 0 Å². The highest BCUT2D eigenvalue weighted by Gasteiger charge is 2.32. The molecule has 1 unspecified atom stereocenters. The second-order valence-corrected chi connectivity index (χ2v) is 9.27. The van der Waals surface area contributed by atoms with Crippen LogP contribution in [0.15, 0.2) is 66.7 Å². The molecule has 1 aliphatic heterocycles. The van der Waals surface area contributed by atoms with Crippen molar-refractivity contribution < 1.29 is 24.6 Å². The molecule has 0 bridgehead atoms. The molecule has 0 spiro atoms. The van der Waals surface area contributed by atoms with E-state index in [9.17, 15) is 24.6 Å². The second-order valence-electron chi connectivity index (χ2n) is 8.24. The van der Waals surface area contributed by atoms with Crippen LogP contribution in [0, 0.1) is 0 Å². The van der Waals surface area contributed by atoms with Gasteiger partial charge < -0.3 is 26.6 Å². The Morgan fingerprint density at radius 3 is 2.61 bits per heavy atom. The fourth-order valence-electron chi connectivity index (χ4n) is 4.01. The average molecular weight is 504 g/mol. The van der Waals surface area contributed by atoms with Crippen LogP contribution in [0.3, 0.4) is 0 Å². The van der Waals surface area contributed by atoms with Gasteiger partial charge in [0.25, 0.3) is 5.91 Å². The number of nitrogens with zero attached hydrogens (tertiary/aromatic N) is 2. The number of aromatic nitrogens is 1. The fourth-order valence-corrected chi connectivity index (χ4v) is 4.88. The molecule has 2 heterocycles. The summed E-state index contributed by atoms with van der Waals surface area (Å²) in [7, 11) is 0. The number of anilines is 3. The molecule has 6 N–H and O–H groups in total. The molecule has 0 aliphatic carbocycles. The molecular formula is C25H21N5O5S. The number of aliphatic hydroxyl groups excluding tert-OH is 1. The van der Waals surface area contributed by atoms with Crippen molar-refractivity contribution in [3.8, 4) is 0 Å². The number of rotatable bonds is 6. The number of carboxylic acids is 1. The number of fused-ring (bicyclic) bond motifs is 2. The number of aliphatic hydroxyl groups is 1. The molecule has 2 atom stereocenters. The van der Waals surface area contributed by atoms with Gasteiger partial charge >= 0.3 is 12.0 Å². The number of aliphatic carboxylic acids is 1. The number of thiazole rings is 1. The number of amides is 3. The molecule has 0 saturated carbocycles. The Morgan fingerprint density at radius 1 is 1.14 bits per heavy atom. The summed E-state index contributed by atoms with van der Waals surface area (Å²) in [6, 6.07) is 16.9. The Balaban J connectivity index is 1.31. The monoisotopic (exact) mass is 503 g/mol. The molecular weight excluding hydrogens is 482 g/mol. The van der Waals surface area contributed by atoms with E-state index in [4.69, 9.17) is 5.73 Å². The lowest BCUT2D eigenvalue weighted by Gasteiger charge is -2.34. The topological polar surface area (TPSA) is 158 Å². The first-order valence-corrected chi connectivity index (χ1v) is 11.8. The Hall–Kier alpha value is -4.48. The van der Waals surface area contributed by atoms with E-state index in [0.29, 0.717) is 33.7 Å². The third kappa shape index (κ3) is 4.44. The molecule has 4 aromatic rings. The van der Waals surface area contributed by atoms with Gasteiger partial charge in [0.2, 0.25) is 0 Å². The normalized spacial score (nSPS) is 15.8. The number of nitrogens with one attached hydrogen (secondary N) is 2. The van der Waals surface area contributed by atoms with E-state index in [2.05, 4.69) is 15.6 Å². The van der Waals surface area contributed by atoms with Crippen LogP contribution in [0.25, 0.3) is 10.2 Å². The van der Waals surface area contributed by atoms with Gasteiger partial charge in [-0.3, -0.25) is 9.69 Å². The summed E-state index contributed by atoms with van der Waals surface area (Å²) in [5.74, 6) is -1.75. The maximum atomic E-state index is 12.7. The largest absolute Gasteiger partial charge is 0.480 e. The van der Waals surface area contributed by atoms with E-state index >= 15 is 0 Å². The molecule has 3 amide bonds. The SMILES string of the molecule is Nc1ccc2c(c1)C(O)N(c1ccc(C[C@H](NC(=O)c3nc4ccccc4s3)C(=O)O)cc1)C(=O)N2. The van der Waals surface area contributed by atoms with Crippen LogP contribution in [0.2, 0.25) is 0 Å². The summed E-state index contributed by atoms with van der Waals surface area (Å²) in [5, 5.41) is 25.9. The lowest BCUT2D eigenvalue weighted by Crippen LogP contribution is -2.43. The average Bonchev–Trinajstić information content (AvgIpc) is 3.30. The van der Waals surface area contributed by atoms with Gasteiger partial charge in [0.15, 0.2) is 11.2 Å². The molecule has 0 radical (unpaired) electrons. The van der Waals surface area contributed by atoms with Crippen molar-refractivity contribution in [2.45, 2.75) is 18.7 Å². The van der Waals surface area contributed by atoms with Gasteiger partial charge in [0, 0.05) is 23.4 Å². The summed E-state index contributed by atoms with van der Waals surface area (Å²) < 4.78 is 0.833. The van der Waals surface area contributed by atoms with Crippen molar-refractivity contribution in [3.05, 3.63) is 82.9 Å². The van der Waals surface area contributed by atoms with Crippen LogP contribution >= 0.6 is 11.3 Å². The van der Waals surface area contributed by atoms with E-state index in [1.165, 1.54) is 16.2 Å². The van der Waals surface area contributed by atoms with Gasteiger partial charge in [-0.2, -0.15) is 0 Å². The van der Waals surface area contributed by atoms with E-state index in [-0.39, 0.29) is 11.4 Å². The standard InChI is InChI=1S/C25H21N5O5S/c26-14-7-10-17-16(12-14)23(32)30(25(35)29-17)15-8-5-13(6-9-15)11-19(24(33)34)27-21(31)22-28-18-3-1-2-4-20(18)36-22/h1-10,12,19,23,32H,11,26H2,(H,27,31)(H,29,35)(H,33,34)/t19-,23?/m0/s1. The summed E-state index contributed by atoms with van der Waals surface area (Å²) in [5.41, 5.74) is 8.90. The highest BCUT2D eigenvalue weighted by atomic mass is 32.1. The van der Waals surface area contributed by atoms with Gasteiger partial charge in [0.05, 0.1) is 15.9 Å². The van der Waals surface area contributed by atoms with E-state index in [0.717, 1.165) is 4.70 Å². The van der Waals surface area contributed by atoms with Crippen molar-refractivity contribution >= 4 is 56.5 Å². The zero-order valence-corrected chi connectivity index (χ0v) is 19.5. The minimum Gasteiger partial charge on any atom is -0.480 e. The maximum absolute atomic E-state index is 12.7. The molecule has 5 rings (SSSR count). The Morgan fingerprint density at radius 2 is 1.89 bits per heavy atom. The van der Waals surface area contributed by atoms with Crippen LogP contribution < -0.4 is 21.3 Å². The molecule has 1 aliphatic rings. The molecule has 0 fully saturated rings. The number of hydrogen-bond acceptors (Lipinski definition) is 7. The quantitative estimate of drug-likeness (QED) is 0.252. The highest BCUT2D eigenvalue weighted by Crippen LogP contribution is 2.35. The molecule has 11 heteroatoms. The lowest BCUT2D eigenvalue weighted by molar-refractivity contribution is -0.139. The molecule has 3 aromatic carbocycles. The lowest BCUT2D eigenvalue weighted by atomic mass is 10.0. The predicted octanol–water partition coefficient (Wildman–Crippen LogP) is 3.35. The van der Waals surface area contributed by atoms with E-state index in [1.54, 1.807) is 48.5 Å². The zero-order chi connectivity index (χ0) is 25.4. The molecule has 36 heavy (non-hydrogen) atoms. The van der Waals surface area contributed by atoms with E-state index < -0.39 is 30.2 Å². The smallest absolute Gasteiger partial charge is 0.328 e. The van der Waals surface area contributed by atoms with Gasteiger partial charge in [-0.15, -0.1) is 11.3 Å². The minimum atomic E-state index is -1.25. The van der Waals surface area contributed by atoms with Gasteiger partial charge in [0.1, 0.15) is 6.04 Å². The number of nitrogens with two attached hydrogens (primary N) is 1. The van der Waals surface area contributed by atoms with Crippen LogP contribution in [0.1, 0.15) is 27.2 Å². The van der Waals surface area contributed by atoms with Crippen LogP contribution in [-0.4, -0.2) is 39.1 Å². The molecule has 0 saturated heterocycles. The first kappa shape index (κ1) is 23.3. The summed E-state index contributed by atoms with van der Waals surface area (Å²) in [6.07, 6.45) is -1.23. The van der Waals surface area contributed by atoms with Crippen molar-refractivity contribution in [1.82, 2.24) is 10.3 Å². The van der Waals surface area contributed by atoms with Crippen LogP contribution in [-0.2, 0) is 11.2 Å². The molecule has 182 valence electrons.